The third-order valence-electron chi connectivity index (χ3n) is 1.90. The van der Waals surface area contributed by atoms with Gasteiger partial charge in [-0.1, -0.05) is 0 Å². The van der Waals surface area contributed by atoms with Crippen LogP contribution in [0.25, 0.3) is 0 Å². The van der Waals surface area contributed by atoms with Crippen molar-refractivity contribution in [2.75, 3.05) is 18.4 Å². The van der Waals surface area contributed by atoms with E-state index in [0.29, 0.717) is 6.04 Å². The first-order valence-electron chi connectivity index (χ1n) is 3.94. The number of nitrogens with one attached hydrogen (secondary N) is 2. The lowest BCUT2D eigenvalue weighted by Gasteiger charge is -2.29. The van der Waals surface area contributed by atoms with Crippen LogP contribution in [0.15, 0.2) is 22.9 Å². The molecule has 2 heterocycles. The predicted molar refractivity (Wildman–Crippen MR) is 52.2 cm³/mol. The van der Waals surface area contributed by atoms with E-state index in [0.717, 1.165) is 23.4 Å². The Hall–Kier alpha value is -0.610. The van der Waals surface area contributed by atoms with E-state index in [2.05, 4.69) is 31.5 Å². The van der Waals surface area contributed by atoms with Crippen LogP contribution in [0.3, 0.4) is 0 Å². The number of rotatable bonds is 2. The number of anilines is 1. The van der Waals surface area contributed by atoms with Gasteiger partial charge in [0.2, 0.25) is 0 Å². The lowest BCUT2D eigenvalue weighted by Crippen LogP contribution is -2.51. The summed E-state index contributed by atoms with van der Waals surface area (Å²) in [4.78, 5) is 4.12. The maximum atomic E-state index is 4.12. The molecule has 4 heteroatoms. The van der Waals surface area contributed by atoms with Gasteiger partial charge in [-0.25, -0.2) is 4.98 Å². The number of halogens is 1. The molecule has 1 saturated heterocycles. The van der Waals surface area contributed by atoms with E-state index in [9.17, 15) is 0 Å². The van der Waals surface area contributed by atoms with Crippen LogP contribution < -0.4 is 10.6 Å². The van der Waals surface area contributed by atoms with Gasteiger partial charge in [0.15, 0.2) is 0 Å². The first-order chi connectivity index (χ1) is 5.86. The molecule has 0 radical (unpaired) electrons. The van der Waals surface area contributed by atoms with Crippen molar-refractivity contribution in [1.29, 1.82) is 0 Å². The van der Waals surface area contributed by atoms with Crippen LogP contribution in [-0.4, -0.2) is 24.1 Å². The normalized spacial score (nSPS) is 17.1. The second kappa shape index (κ2) is 3.41. The molecular weight excluding hydrogens is 218 g/mol. The summed E-state index contributed by atoms with van der Waals surface area (Å²) >= 11 is 3.38. The summed E-state index contributed by atoms with van der Waals surface area (Å²) in [5.74, 6) is 0. The number of nitrogens with zero attached hydrogens (tertiary/aromatic N) is 1. The first kappa shape index (κ1) is 8.01. The molecule has 1 aliphatic rings. The summed E-state index contributed by atoms with van der Waals surface area (Å²) in [6, 6.07) is 4.51. The molecule has 0 saturated carbocycles. The third-order valence-corrected chi connectivity index (χ3v) is 2.53. The molecule has 2 N–H and O–H groups in total. The minimum absolute atomic E-state index is 0.561. The summed E-state index contributed by atoms with van der Waals surface area (Å²) in [6.07, 6.45) is 1.77. The molecule has 0 spiro atoms. The van der Waals surface area contributed by atoms with Crippen LogP contribution in [0.5, 0.6) is 0 Å². The standard InChI is InChI=1S/C8H10BrN3/c9-8-7(2-1-3-11-8)12-6-4-10-5-6/h1-3,6,10,12H,4-5H2. The Bertz CT molecular complexity index is 273. The van der Waals surface area contributed by atoms with Gasteiger partial charge in [0.05, 0.1) is 11.7 Å². The van der Waals surface area contributed by atoms with Crippen molar-refractivity contribution in [2.45, 2.75) is 6.04 Å². The smallest absolute Gasteiger partial charge is 0.129 e. The zero-order valence-electron chi connectivity index (χ0n) is 6.55. The van der Waals surface area contributed by atoms with Gasteiger partial charge < -0.3 is 10.6 Å². The zero-order chi connectivity index (χ0) is 8.39. The fourth-order valence-electron chi connectivity index (χ4n) is 1.10. The zero-order valence-corrected chi connectivity index (χ0v) is 8.13. The SMILES string of the molecule is Brc1ncccc1NC1CNC1. The molecule has 0 aromatic carbocycles. The lowest BCUT2D eigenvalue weighted by molar-refractivity contribution is 0.472. The number of pyridine rings is 1. The maximum Gasteiger partial charge on any atom is 0.129 e. The Morgan fingerprint density at radius 2 is 2.42 bits per heavy atom. The summed E-state index contributed by atoms with van der Waals surface area (Å²) < 4.78 is 0.886. The highest BCUT2D eigenvalue weighted by Crippen LogP contribution is 2.19. The van der Waals surface area contributed by atoms with E-state index in [1.165, 1.54) is 0 Å². The Balaban J connectivity index is 2.06. The van der Waals surface area contributed by atoms with Gasteiger partial charge in [0.25, 0.3) is 0 Å². The van der Waals surface area contributed by atoms with E-state index in [4.69, 9.17) is 0 Å². The van der Waals surface area contributed by atoms with Crippen molar-refractivity contribution in [1.82, 2.24) is 10.3 Å². The fourth-order valence-corrected chi connectivity index (χ4v) is 1.47. The van der Waals surface area contributed by atoms with Crippen LogP contribution in [0.1, 0.15) is 0 Å². The highest BCUT2D eigenvalue weighted by atomic mass is 79.9. The Morgan fingerprint density at radius 1 is 1.58 bits per heavy atom. The highest BCUT2D eigenvalue weighted by Gasteiger charge is 2.16. The molecule has 64 valence electrons. The van der Waals surface area contributed by atoms with Crippen molar-refractivity contribution in [3.63, 3.8) is 0 Å². The molecule has 1 aliphatic heterocycles. The molecule has 1 aromatic heterocycles. The molecule has 0 amide bonds. The molecule has 0 atom stereocenters. The van der Waals surface area contributed by atoms with E-state index in [-0.39, 0.29) is 0 Å². The molecule has 3 nitrogen and oxygen atoms in total. The van der Waals surface area contributed by atoms with Crippen LogP contribution in [-0.2, 0) is 0 Å². The molecule has 1 fully saturated rings. The van der Waals surface area contributed by atoms with Gasteiger partial charge in [-0.05, 0) is 28.1 Å². The summed E-state index contributed by atoms with van der Waals surface area (Å²) in [6.45, 7) is 2.09. The Morgan fingerprint density at radius 3 is 3.00 bits per heavy atom. The third kappa shape index (κ3) is 1.59. The van der Waals surface area contributed by atoms with Gasteiger partial charge in [0, 0.05) is 19.3 Å². The van der Waals surface area contributed by atoms with E-state index in [1.807, 2.05) is 12.1 Å². The van der Waals surface area contributed by atoms with E-state index in [1.54, 1.807) is 6.20 Å². The van der Waals surface area contributed by atoms with Crippen LogP contribution in [0, 0.1) is 0 Å². The van der Waals surface area contributed by atoms with Crippen molar-refractivity contribution >= 4 is 21.6 Å². The largest absolute Gasteiger partial charge is 0.378 e. The molecule has 1 aromatic rings. The number of hydrogen-bond acceptors (Lipinski definition) is 3. The fraction of sp³-hybridized carbons (Fsp3) is 0.375. The second-order valence-corrected chi connectivity index (χ2v) is 3.59. The second-order valence-electron chi connectivity index (χ2n) is 2.84. The molecule has 12 heavy (non-hydrogen) atoms. The monoisotopic (exact) mass is 227 g/mol. The maximum absolute atomic E-state index is 4.12. The molecule has 2 rings (SSSR count). The molecular formula is C8H10BrN3. The highest BCUT2D eigenvalue weighted by molar-refractivity contribution is 9.10. The van der Waals surface area contributed by atoms with Crippen LogP contribution in [0.4, 0.5) is 5.69 Å². The minimum Gasteiger partial charge on any atom is -0.378 e. The molecule has 0 aliphatic carbocycles. The van der Waals surface area contributed by atoms with Crippen molar-refractivity contribution in [3.8, 4) is 0 Å². The van der Waals surface area contributed by atoms with Crippen LogP contribution >= 0.6 is 15.9 Å². The topological polar surface area (TPSA) is 37.0 Å². The Kier molecular flexibility index (Phi) is 2.28. The van der Waals surface area contributed by atoms with Crippen LogP contribution in [0.2, 0.25) is 0 Å². The van der Waals surface area contributed by atoms with Crippen molar-refractivity contribution < 1.29 is 0 Å². The Labute approximate surface area is 79.7 Å². The first-order valence-corrected chi connectivity index (χ1v) is 4.73. The van der Waals surface area contributed by atoms with Crippen molar-refractivity contribution in [3.05, 3.63) is 22.9 Å². The summed E-state index contributed by atoms with van der Waals surface area (Å²) in [7, 11) is 0. The minimum atomic E-state index is 0.561. The quantitative estimate of drug-likeness (QED) is 0.747. The molecule has 0 bridgehead atoms. The van der Waals surface area contributed by atoms with E-state index < -0.39 is 0 Å². The van der Waals surface area contributed by atoms with Gasteiger partial charge in [-0.2, -0.15) is 0 Å². The van der Waals surface area contributed by atoms with Gasteiger partial charge in [0.1, 0.15) is 4.60 Å². The van der Waals surface area contributed by atoms with Crippen molar-refractivity contribution in [2.24, 2.45) is 0 Å². The predicted octanol–water partition coefficient (Wildman–Crippen LogP) is 1.23. The number of hydrogen-bond donors (Lipinski definition) is 2. The molecule has 0 unspecified atom stereocenters. The van der Waals surface area contributed by atoms with Gasteiger partial charge >= 0.3 is 0 Å². The average molecular weight is 228 g/mol. The van der Waals surface area contributed by atoms with E-state index >= 15 is 0 Å². The van der Waals surface area contributed by atoms with Gasteiger partial charge in [-0.15, -0.1) is 0 Å². The summed E-state index contributed by atoms with van der Waals surface area (Å²) in [5, 5.41) is 6.58. The van der Waals surface area contributed by atoms with Gasteiger partial charge in [-0.3, -0.25) is 0 Å². The summed E-state index contributed by atoms with van der Waals surface area (Å²) in [5.41, 5.74) is 1.07. The lowest BCUT2D eigenvalue weighted by atomic mass is 10.2. The average Bonchev–Trinajstić information content (AvgIpc) is 2.00. The number of aromatic nitrogens is 1.